The van der Waals surface area contributed by atoms with Gasteiger partial charge in [0, 0.05) is 5.69 Å². The number of amides is 2. The zero-order valence-corrected chi connectivity index (χ0v) is 13.6. The minimum absolute atomic E-state index is 0.166. The van der Waals surface area contributed by atoms with Crippen LogP contribution in [0.5, 0.6) is 0 Å². The van der Waals surface area contributed by atoms with E-state index >= 15 is 0 Å². The van der Waals surface area contributed by atoms with Gasteiger partial charge in [-0.15, -0.1) is 0 Å². The van der Waals surface area contributed by atoms with E-state index in [0.29, 0.717) is 5.69 Å². The lowest BCUT2D eigenvalue weighted by Gasteiger charge is -2.19. The van der Waals surface area contributed by atoms with Crippen LogP contribution in [-0.4, -0.2) is 17.9 Å². The van der Waals surface area contributed by atoms with E-state index in [0.717, 1.165) is 16.8 Å². The van der Waals surface area contributed by atoms with Crippen molar-refractivity contribution in [1.29, 1.82) is 0 Å². The molecule has 2 aromatic carbocycles. The van der Waals surface area contributed by atoms with Crippen molar-refractivity contribution in [2.24, 2.45) is 0 Å². The Morgan fingerprint density at radius 1 is 1.00 bits per heavy atom. The van der Waals surface area contributed by atoms with Crippen LogP contribution < -0.4 is 10.2 Å². The molecule has 1 aliphatic heterocycles. The first-order valence-electron chi connectivity index (χ1n) is 7.73. The first-order chi connectivity index (χ1) is 11.0. The molecule has 118 valence electrons. The minimum Gasteiger partial charge on any atom is -0.373 e. The number of carbonyl (C=O) groups is 2. The second-order valence-corrected chi connectivity index (χ2v) is 6.08. The van der Waals surface area contributed by atoms with Crippen molar-refractivity contribution in [2.45, 2.75) is 33.2 Å². The van der Waals surface area contributed by atoms with Gasteiger partial charge in [-0.05, 0) is 44.0 Å². The lowest BCUT2D eigenvalue weighted by Crippen LogP contribution is -2.35. The summed E-state index contributed by atoms with van der Waals surface area (Å²) in [7, 11) is 0. The average Bonchev–Trinajstić information content (AvgIpc) is 2.78. The molecule has 0 saturated carbocycles. The number of imide groups is 1. The fraction of sp³-hybridized carbons (Fsp3) is 0.263. The van der Waals surface area contributed by atoms with E-state index in [2.05, 4.69) is 17.4 Å². The summed E-state index contributed by atoms with van der Waals surface area (Å²) in [6.07, 6.45) is 0.181. The van der Waals surface area contributed by atoms with E-state index in [-0.39, 0.29) is 18.2 Å². The van der Waals surface area contributed by atoms with Gasteiger partial charge in [0.15, 0.2) is 0 Å². The maximum absolute atomic E-state index is 12.7. The van der Waals surface area contributed by atoms with Crippen LogP contribution in [0.2, 0.25) is 0 Å². The van der Waals surface area contributed by atoms with E-state index < -0.39 is 6.04 Å². The summed E-state index contributed by atoms with van der Waals surface area (Å²) < 4.78 is 0. The molecule has 3 rings (SSSR count). The molecular formula is C19H20N2O2. The van der Waals surface area contributed by atoms with E-state index in [1.807, 2.05) is 39.0 Å². The summed E-state index contributed by atoms with van der Waals surface area (Å²) in [5.74, 6) is -0.360. The predicted octanol–water partition coefficient (Wildman–Crippen LogP) is 3.36. The van der Waals surface area contributed by atoms with Gasteiger partial charge in [0.25, 0.3) is 5.91 Å². The normalized spacial score (nSPS) is 17.7. The van der Waals surface area contributed by atoms with Crippen molar-refractivity contribution in [3.8, 4) is 0 Å². The highest BCUT2D eigenvalue weighted by Gasteiger charge is 2.39. The van der Waals surface area contributed by atoms with Crippen molar-refractivity contribution in [1.82, 2.24) is 0 Å². The molecule has 1 N–H and O–H groups in total. The standard InChI is InChI=1S/C19H20N2O2/c1-12-9-13(2)18(14(3)10-12)20-16-11-17(22)21(19(16)23)15-7-5-4-6-8-15/h4-10,16,20H,11H2,1-3H3. The lowest BCUT2D eigenvalue weighted by molar-refractivity contribution is -0.121. The number of hydrogen-bond donors (Lipinski definition) is 1. The lowest BCUT2D eigenvalue weighted by atomic mass is 10.0. The van der Waals surface area contributed by atoms with E-state index in [9.17, 15) is 9.59 Å². The van der Waals surface area contributed by atoms with Gasteiger partial charge >= 0.3 is 0 Å². The van der Waals surface area contributed by atoms with Gasteiger partial charge in [0.2, 0.25) is 5.91 Å². The Morgan fingerprint density at radius 3 is 2.22 bits per heavy atom. The van der Waals surface area contributed by atoms with Gasteiger partial charge in [0.1, 0.15) is 6.04 Å². The average molecular weight is 308 g/mol. The zero-order valence-electron chi connectivity index (χ0n) is 13.6. The molecule has 4 heteroatoms. The Kier molecular flexibility index (Phi) is 3.90. The first-order valence-corrected chi connectivity index (χ1v) is 7.73. The topological polar surface area (TPSA) is 49.4 Å². The number of nitrogens with one attached hydrogen (secondary N) is 1. The molecule has 1 atom stereocenters. The van der Waals surface area contributed by atoms with E-state index in [1.165, 1.54) is 10.5 Å². The van der Waals surface area contributed by atoms with Gasteiger partial charge in [-0.1, -0.05) is 35.9 Å². The maximum atomic E-state index is 12.7. The number of nitrogens with zero attached hydrogens (tertiary/aromatic N) is 1. The predicted molar refractivity (Wildman–Crippen MR) is 91.6 cm³/mol. The van der Waals surface area contributed by atoms with Crippen LogP contribution in [0.25, 0.3) is 0 Å². The summed E-state index contributed by atoms with van der Waals surface area (Å²) in [6, 6.07) is 12.7. The molecule has 0 aromatic heterocycles. The van der Waals surface area contributed by atoms with Crippen LogP contribution in [0.4, 0.5) is 11.4 Å². The molecule has 1 heterocycles. The third kappa shape index (κ3) is 2.84. The van der Waals surface area contributed by atoms with Crippen molar-refractivity contribution in [2.75, 3.05) is 10.2 Å². The number of hydrogen-bond acceptors (Lipinski definition) is 3. The quantitative estimate of drug-likeness (QED) is 0.885. The van der Waals surface area contributed by atoms with Crippen LogP contribution in [0.3, 0.4) is 0 Å². The molecular weight excluding hydrogens is 288 g/mol. The number of benzene rings is 2. The fourth-order valence-corrected chi connectivity index (χ4v) is 3.17. The Bertz CT molecular complexity index is 745. The fourth-order valence-electron chi connectivity index (χ4n) is 3.17. The Labute approximate surface area is 136 Å². The third-order valence-corrected chi connectivity index (χ3v) is 4.16. The Hall–Kier alpha value is -2.62. The minimum atomic E-state index is -0.511. The molecule has 1 unspecified atom stereocenters. The number of para-hydroxylation sites is 1. The molecule has 2 amide bonds. The number of rotatable bonds is 3. The molecule has 0 spiro atoms. The largest absolute Gasteiger partial charge is 0.373 e. The molecule has 23 heavy (non-hydrogen) atoms. The number of carbonyl (C=O) groups excluding carboxylic acids is 2. The monoisotopic (exact) mass is 308 g/mol. The van der Waals surface area contributed by atoms with Gasteiger partial charge < -0.3 is 5.32 Å². The molecule has 0 radical (unpaired) electrons. The van der Waals surface area contributed by atoms with E-state index in [1.54, 1.807) is 12.1 Å². The molecule has 1 fully saturated rings. The van der Waals surface area contributed by atoms with Gasteiger partial charge in [-0.2, -0.15) is 0 Å². The summed E-state index contributed by atoms with van der Waals surface area (Å²) >= 11 is 0. The summed E-state index contributed by atoms with van der Waals surface area (Å²) in [5, 5.41) is 3.27. The van der Waals surface area contributed by atoms with Crippen molar-refractivity contribution < 1.29 is 9.59 Å². The SMILES string of the molecule is Cc1cc(C)c(NC2CC(=O)N(c3ccccc3)C2=O)c(C)c1. The highest BCUT2D eigenvalue weighted by Crippen LogP contribution is 2.28. The van der Waals surface area contributed by atoms with Crippen LogP contribution in [0.1, 0.15) is 23.1 Å². The number of anilines is 2. The molecule has 0 bridgehead atoms. The molecule has 2 aromatic rings. The van der Waals surface area contributed by atoms with Gasteiger partial charge in [0.05, 0.1) is 12.1 Å². The van der Waals surface area contributed by atoms with Crippen LogP contribution >= 0.6 is 0 Å². The third-order valence-electron chi connectivity index (χ3n) is 4.16. The van der Waals surface area contributed by atoms with Gasteiger partial charge in [-0.25, -0.2) is 4.90 Å². The van der Waals surface area contributed by atoms with Crippen LogP contribution in [-0.2, 0) is 9.59 Å². The molecule has 1 aliphatic rings. The second-order valence-electron chi connectivity index (χ2n) is 6.08. The van der Waals surface area contributed by atoms with Crippen LogP contribution in [0.15, 0.2) is 42.5 Å². The van der Waals surface area contributed by atoms with E-state index in [4.69, 9.17) is 0 Å². The smallest absolute Gasteiger partial charge is 0.256 e. The maximum Gasteiger partial charge on any atom is 0.256 e. The summed E-state index contributed by atoms with van der Waals surface area (Å²) in [4.78, 5) is 26.2. The molecule has 1 saturated heterocycles. The second kappa shape index (κ2) is 5.88. The van der Waals surface area contributed by atoms with Crippen molar-refractivity contribution in [3.63, 3.8) is 0 Å². The highest BCUT2D eigenvalue weighted by molar-refractivity contribution is 6.23. The van der Waals surface area contributed by atoms with Crippen molar-refractivity contribution in [3.05, 3.63) is 59.2 Å². The molecule has 4 nitrogen and oxygen atoms in total. The Morgan fingerprint density at radius 2 is 1.61 bits per heavy atom. The zero-order chi connectivity index (χ0) is 16.6. The molecule has 0 aliphatic carbocycles. The number of aryl methyl sites for hydroxylation is 3. The van der Waals surface area contributed by atoms with Crippen LogP contribution in [0, 0.1) is 20.8 Å². The Balaban J connectivity index is 1.86. The highest BCUT2D eigenvalue weighted by atomic mass is 16.2. The van der Waals surface area contributed by atoms with Crippen molar-refractivity contribution >= 4 is 23.2 Å². The first kappa shape index (κ1) is 15.3. The summed E-state index contributed by atoms with van der Waals surface area (Å²) in [5.41, 5.74) is 4.92. The van der Waals surface area contributed by atoms with Gasteiger partial charge in [-0.3, -0.25) is 9.59 Å². The summed E-state index contributed by atoms with van der Waals surface area (Å²) in [6.45, 7) is 6.07.